The number of carbonyl (C=O) groups is 1. The zero-order valence-corrected chi connectivity index (χ0v) is 14.4. The third-order valence-corrected chi connectivity index (χ3v) is 5.66. The molecule has 22 heavy (non-hydrogen) atoms. The Morgan fingerprint density at radius 2 is 2.05 bits per heavy atom. The van der Waals surface area contributed by atoms with Crippen molar-refractivity contribution >= 4 is 17.2 Å². The predicted molar refractivity (Wildman–Crippen MR) is 90.4 cm³/mol. The lowest BCUT2D eigenvalue weighted by molar-refractivity contribution is 0.0735. The minimum atomic E-state index is -0.0122. The first kappa shape index (κ1) is 15.2. The number of fused-ring (bicyclic) bond motifs is 1. The summed E-state index contributed by atoms with van der Waals surface area (Å²) >= 11 is 1.51. The van der Waals surface area contributed by atoms with Gasteiger partial charge in [0.1, 0.15) is 4.88 Å². The maximum atomic E-state index is 12.8. The van der Waals surface area contributed by atoms with Gasteiger partial charge >= 0.3 is 0 Å². The molecule has 1 aromatic heterocycles. The van der Waals surface area contributed by atoms with Crippen molar-refractivity contribution in [3.8, 4) is 0 Å². The Hall–Kier alpha value is -1.68. The lowest BCUT2D eigenvalue weighted by atomic mass is 9.98. The summed E-state index contributed by atoms with van der Waals surface area (Å²) in [5.74, 6) is 0.0784. The number of carbonyl (C=O) groups excluding carboxylic acids is 1. The number of amides is 1. The van der Waals surface area contributed by atoms with Gasteiger partial charge in [-0.25, -0.2) is 4.98 Å². The summed E-state index contributed by atoms with van der Waals surface area (Å²) in [5.41, 5.74) is 2.65. The molecule has 1 aliphatic rings. The van der Waals surface area contributed by atoms with Crippen molar-refractivity contribution in [3.05, 3.63) is 51.5 Å². The smallest absolute Gasteiger partial charge is 0.265 e. The van der Waals surface area contributed by atoms with E-state index in [0.717, 1.165) is 22.7 Å². The predicted octanol–water partition coefficient (Wildman–Crippen LogP) is 4.20. The first-order valence-corrected chi connectivity index (χ1v) is 8.51. The second-order valence-electron chi connectivity index (χ2n) is 6.95. The maximum Gasteiger partial charge on any atom is 0.265 e. The highest BCUT2D eigenvalue weighted by Gasteiger charge is 2.30. The molecule has 0 saturated carbocycles. The minimum absolute atomic E-state index is 0.0122. The molecule has 1 amide bonds. The average Bonchev–Trinajstić information content (AvgIpc) is 3.12. The standard InChI is InChI=1S/C18H22N2OS/c1-18(2,3)17-19-11-15(22-17)16(21)20(4)14-10-9-12-7-5-6-8-13(12)14/h5-8,11,14H,9-10H2,1-4H3/t14-/m0/s1. The molecule has 1 aromatic carbocycles. The van der Waals surface area contributed by atoms with Crippen LogP contribution in [0.15, 0.2) is 30.5 Å². The van der Waals surface area contributed by atoms with E-state index in [9.17, 15) is 4.79 Å². The van der Waals surface area contributed by atoms with Gasteiger partial charge in [-0.2, -0.15) is 0 Å². The molecule has 3 nitrogen and oxygen atoms in total. The molecule has 0 unspecified atom stereocenters. The summed E-state index contributed by atoms with van der Waals surface area (Å²) in [6.45, 7) is 6.37. The Morgan fingerprint density at radius 3 is 2.73 bits per heavy atom. The van der Waals surface area contributed by atoms with Crippen molar-refractivity contribution in [2.45, 2.75) is 45.1 Å². The molecule has 1 atom stereocenters. The molecule has 0 spiro atoms. The van der Waals surface area contributed by atoms with Gasteiger partial charge < -0.3 is 4.90 Å². The number of aryl methyl sites for hydroxylation is 1. The monoisotopic (exact) mass is 314 g/mol. The third-order valence-electron chi connectivity index (χ3n) is 4.25. The van der Waals surface area contributed by atoms with Crippen molar-refractivity contribution in [2.24, 2.45) is 0 Å². The summed E-state index contributed by atoms with van der Waals surface area (Å²) in [7, 11) is 1.91. The number of hydrogen-bond acceptors (Lipinski definition) is 3. The van der Waals surface area contributed by atoms with Gasteiger partial charge in [0, 0.05) is 12.5 Å². The van der Waals surface area contributed by atoms with Crippen molar-refractivity contribution < 1.29 is 4.79 Å². The molecule has 1 aliphatic carbocycles. The maximum absolute atomic E-state index is 12.8. The van der Waals surface area contributed by atoms with E-state index in [1.54, 1.807) is 6.20 Å². The second-order valence-corrected chi connectivity index (χ2v) is 7.98. The molecule has 0 bridgehead atoms. The fraction of sp³-hybridized carbons (Fsp3) is 0.444. The number of rotatable bonds is 2. The molecule has 4 heteroatoms. The summed E-state index contributed by atoms with van der Waals surface area (Å²) in [6, 6.07) is 8.62. The summed E-state index contributed by atoms with van der Waals surface area (Å²) in [5, 5.41) is 1.01. The van der Waals surface area contributed by atoms with E-state index in [4.69, 9.17) is 0 Å². The van der Waals surface area contributed by atoms with Crippen LogP contribution in [-0.4, -0.2) is 22.8 Å². The van der Waals surface area contributed by atoms with E-state index >= 15 is 0 Å². The molecule has 0 N–H and O–H groups in total. The summed E-state index contributed by atoms with van der Waals surface area (Å²) in [6.07, 6.45) is 3.78. The molecular formula is C18H22N2OS. The number of hydrogen-bond donors (Lipinski definition) is 0. The van der Waals surface area contributed by atoms with Crippen LogP contribution in [0, 0.1) is 0 Å². The van der Waals surface area contributed by atoms with Crippen LogP contribution in [0.2, 0.25) is 0 Å². The van der Waals surface area contributed by atoms with Crippen molar-refractivity contribution in [2.75, 3.05) is 7.05 Å². The molecule has 116 valence electrons. The van der Waals surface area contributed by atoms with Crippen molar-refractivity contribution in [1.29, 1.82) is 0 Å². The Labute approximate surface area is 136 Å². The molecular weight excluding hydrogens is 292 g/mol. The Morgan fingerprint density at radius 1 is 1.32 bits per heavy atom. The largest absolute Gasteiger partial charge is 0.334 e. The van der Waals surface area contributed by atoms with E-state index in [-0.39, 0.29) is 17.4 Å². The molecule has 3 rings (SSSR count). The molecule has 1 heterocycles. The van der Waals surface area contributed by atoms with Gasteiger partial charge in [0.2, 0.25) is 0 Å². The van der Waals surface area contributed by atoms with Crippen LogP contribution in [0.25, 0.3) is 0 Å². The lowest BCUT2D eigenvalue weighted by Gasteiger charge is -2.25. The first-order chi connectivity index (χ1) is 10.4. The van der Waals surface area contributed by atoms with Gasteiger partial charge in [-0.05, 0) is 24.0 Å². The van der Waals surface area contributed by atoms with E-state index in [0.29, 0.717) is 0 Å². The average molecular weight is 314 g/mol. The summed E-state index contributed by atoms with van der Waals surface area (Å²) in [4.78, 5) is 19.8. The van der Waals surface area contributed by atoms with Crippen LogP contribution < -0.4 is 0 Å². The summed E-state index contributed by atoms with van der Waals surface area (Å²) < 4.78 is 0. The molecule has 0 fully saturated rings. The van der Waals surface area contributed by atoms with Crippen LogP contribution >= 0.6 is 11.3 Å². The third kappa shape index (κ3) is 2.68. The highest BCUT2D eigenvalue weighted by molar-refractivity contribution is 7.13. The van der Waals surface area contributed by atoms with Gasteiger partial charge in [0.05, 0.1) is 17.2 Å². The lowest BCUT2D eigenvalue weighted by Crippen LogP contribution is -2.29. The van der Waals surface area contributed by atoms with Crippen molar-refractivity contribution in [3.63, 3.8) is 0 Å². The van der Waals surface area contributed by atoms with Crippen LogP contribution in [0.5, 0.6) is 0 Å². The van der Waals surface area contributed by atoms with Crippen LogP contribution in [-0.2, 0) is 11.8 Å². The van der Waals surface area contributed by atoms with E-state index < -0.39 is 0 Å². The minimum Gasteiger partial charge on any atom is -0.334 e. The molecule has 0 radical (unpaired) electrons. The number of benzene rings is 1. The van der Waals surface area contributed by atoms with Crippen LogP contribution in [0.3, 0.4) is 0 Å². The zero-order chi connectivity index (χ0) is 15.9. The van der Waals surface area contributed by atoms with Gasteiger partial charge in [-0.1, -0.05) is 45.0 Å². The van der Waals surface area contributed by atoms with E-state index in [2.05, 4.69) is 50.0 Å². The Bertz CT molecular complexity index is 699. The topological polar surface area (TPSA) is 33.2 Å². The fourth-order valence-electron chi connectivity index (χ4n) is 2.97. The Balaban J connectivity index is 1.83. The van der Waals surface area contributed by atoms with Crippen molar-refractivity contribution in [1.82, 2.24) is 9.88 Å². The van der Waals surface area contributed by atoms with Gasteiger partial charge in [-0.15, -0.1) is 11.3 Å². The highest BCUT2D eigenvalue weighted by atomic mass is 32.1. The highest BCUT2D eigenvalue weighted by Crippen LogP contribution is 2.36. The molecule has 2 aromatic rings. The molecule has 0 saturated heterocycles. The SMILES string of the molecule is CN(C(=O)c1cnc(C(C)(C)C)s1)[C@H]1CCc2ccccc21. The number of nitrogens with zero attached hydrogens (tertiary/aromatic N) is 2. The van der Waals surface area contributed by atoms with Gasteiger partial charge in [0.25, 0.3) is 5.91 Å². The zero-order valence-electron chi connectivity index (χ0n) is 13.6. The molecule has 0 aliphatic heterocycles. The number of thiazole rings is 1. The van der Waals surface area contributed by atoms with Crippen LogP contribution in [0.4, 0.5) is 0 Å². The van der Waals surface area contributed by atoms with Crippen LogP contribution in [0.1, 0.15) is 59.0 Å². The Kier molecular flexibility index (Phi) is 3.81. The normalized spacial score (nSPS) is 17.4. The quantitative estimate of drug-likeness (QED) is 0.832. The van der Waals surface area contributed by atoms with E-state index in [1.807, 2.05) is 11.9 Å². The van der Waals surface area contributed by atoms with E-state index in [1.165, 1.54) is 22.5 Å². The fourth-order valence-corrected chi connectivity index (χ4v) is 3.93. The van der Waals surface area contributed by atoms with Gasteiger partial charge in [0.15, 0.2) is 0 Å². The number of aromatic nitrogens is 1. The first-order valence-electron chi connectivity index (χ1n) is 7.69. The van der Waals surface area contributed by atoms with Gasteiger partial charge in [-0.3, -0.25) is 4.79 Å². The second kappa shape index (κ2) is 5.51.